The third kappa shape index (κ3) is 6.36. The van der Waals surface area contributed by atoms with E-state index >= 15 is 0 Å². The Balaban J connectivity index is 1.82. The first-order chi connectivity index (χ1) is 18.1. The van der Waals surface area contributed by atoms with Gasteiger partial charge in [0.25, 0.3) is 0 Å². The van der Waals surface area contributed by atoms with Crippen LogP contribution in [0, 0.1) is 5.41 Å². The van der Waals surface area contributed by atoms with Crippen molar-refractivity contribution < 1.29 is 19.4 Å². The maximum atomic E-state index is 14.4. The summed E-state index contributed by atoms with van der Waals surface area (Å²) in [5.41, 5.74) is 0.933. The predicted molar refractivity (Wildman–Crippen MR) is 151 cm³/mol. The van der Waals surface area contributed by atoms with Crippen LogP contribution in [0.1, 0.15) is 69.0 Å². The van der Waals surface area contributed by atoms with Crippen molar-refractivity contribution in [3.05, 3.63) is 69.7 Å². The molecule has 206 valence electrons. The van der Waals surface area contributed by atoms with Crippen molar-refractivity contribution in [1.82, 2.24) is 9.80 Å². The van der Waals surface area contributed by atoms with Crippen LogP contribution in [0.2, 0.25) is 10.0 Å². The Morgan fingerprint density at radius 1 is 1.16 bits per heavy atom. The van der Waals surface area contributed by atoms with E-state index in [1.54, 1.807) is 14.0 Å². The number of ether oxygens (including phenoxy) is 1. The van der Waals surface area contributed by atoms with E-state index in [-0.39, 0.29) is 36.4 Å². The van der Waals surface area contributed by atoms with E-state index in [0.717, 1.165) is 43.5 Å². The van der Waals surface area contributed by atoms with Crippen molar-refractivity contribution >= 4 is 35.1 Å². The fourth-order valence-corrected chi connectivity index (χ4v) is 6.69. The molecule has 4 rings (SSSR count). The quantitative estimate of drug-likeness (QED) is 0.383. The Hall–Kier alpha value is -2.12. The highest BCUT2D eigenvalue weighted by atomic mass is 35.5. The zero-order chi connectivity index (χ0) is 27.4. The molecule has 6 nitrogen and oxygen atoms in total. The van der Waals surface area contributed by atoms with Gasteiger partial charge in [0.15, 0.2) is 0 Å². The predicted octanol–water partition coefficient (Wildman–Crippen LogP) is 6.42. The largest absolute Gasteiger partial charge is 0.481 e. The lowest BCUT2D eigenvalue weighted by atomic mass is 9.67. The molecular weight excluding hydrogens is 523 g/mol. The van der Waals surface area contributed by atoms with Gasteiger partial charge in [0.1, 0.15) is 0 Å². The molecule has 0 aliphatic carbocycles. The zero-order valence-corrected chi connectivity index (χ0v) is 23.9. The fraction of sp³-hybridized carbons (Fsp3) is 0.533. The number of nitrogens with zero attached hydrogens (tertiary/aromatic N) is 2. The van der Waals surface area contributed by atoms with Crippen LogP contribution >= 0.6 is 23.2 Å². The first-order valence-electron chi connectivity index (χ1n) is 13.5. The van der Waals surface area contributed by atoms with Gasteiger partial charge in [-0.1, -0.05) is 61.3 Å². The maximum absolute atomic E-state index is 14.4. The molecule has 2 aliphatic heterocycles. The third-order valence-corrected chi connectivity index (χ3v) is 8.75. The summed E-state index contributed by atoms with van der Waals surface area (Å²) >= 11 is 12.7. The van der Waals surface area contributed by atoms with Crippen molar-refractivity contribution in [2.75, 3.05) is 26.7 Å². The molecule has 2 fully saturated rings. The number of likely N-dealkylation sites (tertiary alicyclic amines) is 2. The summed E-state index contributed by atoms with van der Waals surface area (Å²) in [5, 5.41) is 11.1. The smallest absolute Gasteiger partial charge is 0.304 e. The van der Waals surface area contributed by atoms with E-state index in [0.29, 0.717) is 23.0 Å². The lowest BCUT2D eigenvalue weighted by molar-refractivity contribution is -0.161. The van der Waals surface area contributed by atoms with Gasteiger partial charge in [-0.3, -0.25) is 14.5 Å². The molecule has 2 aliphatic rings. The Morgan fingerprint density at radius 3 is 2.53 bits per heavy atom. The van der Waals surface area contributed by atoms with Gasteiger partial charge in [0.2, 0.25) is 5.91 Å². The number of hydrogen-bond donors (Lipinski definition) is 1. The van der Waals surface area contributed by atoms with E-state index in [2.05, 4.69) is 11.8 Å². The number of carboxylic acid groups (broad SMARTS) is 1. The molecule has 1 unspecified atom stereocenters. The molecule has 2 saturated heterocycles. The number of aliphatic carboxylic acids is 1. The van der Waals surface area contributed by atoms with Crippen molar-refractivity contribution in [3.63, 3.8) is 0 Å². The van der Waals surface area contributed by atoms with E-state index < -0.39 is 11.4 Å². The molecule has 0 saturated carbocycles. The topological polar surface area (TPSA) is 70.1 Å². The number of amides is 1. The number of piperidine rings is 2. The Bertz CT molecular complexity index is 1130. The van der Waals surface area contributed by atoms with Crippen LogP contribution in [-0.4, -0.2) is 65.7 Å². The maximum Gasteiger partial charge on any atom is 0.304 e. The zero-order valence-electron chi connectivity index (χ0n) is 22.4. The van der Waals surface area contributed by atoms with Gasteiger partial charge in [0, 0.05) is 42.2 Å². The molecule has 0 aromatic heterocycles. The molecule has 1 amide bonds. The first-order valence-corrected chi connectivity index (χ1v) is 14.2. The summed E-state index contributed by atoms with van der Waals surface area (Å²) in [4.78, 5) is 30.8. The molecule has 2 aromatic carbocycles. The first kappa shape index (κ1) is 28.9. The monoisotopic (exact) mass is 560 g/mol. The van der Waals surface area contributed by atoms with Crippen LogP contribution in [0.5, 0.6) is 0 Å². The molecule has 0 spiro atoms. The van der Waals surface area contributed by atoms with Gasteiger partial charge in [-0.2, -0.15) is 0 Å². The standard InChI is InChI=1S/C30H38Cl2N2O4/c1-4-24(18-33-14-6-9-25(19-33)38-3)34-28(20-10-12-22(31)13-11-20)26(21-7-5-8-23(32)15-21)16-30(2,29(34)37)17-27(35)36/h5,7-8,10-13,15,24-26,28H,4,6,9,14,16-19H2,1-3H3,(H,35,36)/t24-,25?,26+,28+,30+/m0/s1. The number of rotatable bonds is 9. The Labute approximate surface area is 235 Å². The number of benzene rings is 2. The minimum Gasteiger partial charge on any atom is -0.481 e. The minimum atomic E-state index is -1.05. The highest BCUT2D eigenvalue weighted by molar-refractivity contribution is 6.30. The van der Waals surface area contributed by atoms with Crippen LogP contribution in [0.3, 0.4) is 0 Å². The number of carbonyl (C=O) groups excluding carboxylic acids is 1. The van der Waals surface area contributed by atoms with E-state index in [4.69, 9.17) is 27.9 Å². The van der Waals surface area contributed by atoms with E-state index in [1.165, 1.54) is 0 Å². The molecule has 2 aromatic rings. The average Bonchev–Trinajstić information content (AvgIpc) is 2.89. The summed E-state index contributed by atoms with van der Waals surface area (Å²) < 4.78 is 5.66. The second-order valence-electron chi connectivity index (χ2n) is 11.0. The van der Waals surface area contributed by atoms with Gasteiger partial charge in [-0.25, -0.2) is 0 Å². The third-order valence-electron chi connectivity index (χ3n) is 8.26. The van der Waals surface area contributed by atoms with Crippen molar-refractivity contribution in [2.24, 2.45) is 5.41 Å². The number of carboxylic acids is 1. The molecular formula is C30H38Cl2N2O4. The summed E-state index contributed by atoms with van der Waals surface area (Å²) in [5.74, 6) is -1.22. The normalized spacial score (nSPS) is 27.3. The fourth-order valence-electron chi connectivity index (χ4n) is 6.36. The molecule has 0 bridgehead atoms. The molecule has 38 heavy (non-hydrogen) atoms. The molecule has 1 N–H and O–H groups in total. The summed E-state index contributed by atoms with van der Waals surface area (Å²) in [6.45, 7) is 6.39. The second-order valence-corrected chi connectivity index (χ2v) is 11.9. The van der Waals surface area contributed by atoms with Crippen molar-refractivity contribution in [2.45, 2.75) is 70.1 Å². The lowest BCUT2D eigenvalue weighted by Gasteiger charge is -2.52. The molecule has 2 heterocycles. The number of methoxy groups -OCH3 is 1. The van der Waals surface area contributed by atoms with Crippen LogP contribution in [0.4, 0.5) is 0 Å². The number of hydrogen-bond acceptors (Lipinski definition) is 4. The van der Waals surface area contributed by atoms with Gasteiger partial charge in [-0.05, 0) is 67.6 Å². The van der Waals surface area contributed by atoms with Gasteiger partial charge >= 0.3 is 5.97 Å². The highest BCUT2D eigenvalue weighted by Crippen LogP contribution is 2.52. The Morgan fingerprint density at radius 2 is 1.89 bits per heavy atom. The average molecular weight is 562 g/mol. The van der Waals surface area contributed by atoms with Crippen molar-refractivity contribution in [1.29, 1.82) is 0 Å². The van der Waals surface area contributed by atoms with Crippen LogP contribution in [0.25, 0.3) is 0 Å². The van der Waals surface area contributed by atoms with E-state index in [9.17, 15) is 14.7 Å². The van der Waals surface area contributed by atoms with Crippen LogP contribution in [-0.2, 0) is 14.3 Å². The van der Waals surface area contributed by atoms with Crippen molar-refractivity contribution in [3.8, 4) is 0 Å². The number of halogens is 2. The summed E-state index contributed by atoms with van der Waals surface area (Å²) in [6.07, 6.45) is 3.20. The minimum absolute atomic E-state index is 0.103. The highest BCUT2D eigenvalue weighted by Gasteiger charge is 2.52. The summed E-state index contributed by atoms with van der Waals surface area (Å²) in [7, 11) is 1.75. The lowest BCUT2D eigenvalue weighted by Crippen LogP contribution is -2.58. The summed E-state index contributed by atoms with van der Waals surface area (Å²) in [6, 6.07) is 15.0. The van der Waals surface area contributed by atoms with Gasteiger partial charge in [-0.15, -0.1) is 0 Å². The Kier molecular flexibility index (Phi) is 9.40. The number of carbonyl (C=O) groups is 2. The molecule has 5 atom stereocenters. The van der Waals surface area contributed by atoms with E-state index in [1.807, 2.05) is 53.4 Å². The molecule has 8 heteroatoms. The van der Waals surface area contributed by atoms with Crippen LogP contribution < -0.4 is 0 Å². The SMILES string of the molecule is CC[C@@H](CN1CCCC(OC)C1)N1C(=O)[C@@](C)(CC(=O)O)C[C@H](c2cccc(Cl)c2)[C@H]1c1ccc(Cl)cc1. The van der Waals surface area contributed by atoms with Gasteiger partial charge in [0.05, 0.1) is 24.0 Å². The molecule has 0 radical (unpaired) electrons. The van der Waals surface area contributed by atoms with Gasteiger partial charge < -0.3 is 14.7 Å². The second kappa shape index (κ2) is 12.4. The van der Waals surface area contributed by atoms with Crippen LogP contribution in [0.15, 0.2) is 48.5 Å².